The molecule has 0 saturated carbocycles. The fourth-order valence-electron chi connectivity index (χ4n) is 1.48. The van der Waals surface area contributed by atoms with Crippen molar-refractivity contribution in [3.8, 4) is 0 Å². The maximum atomic E-state index is 9.61. The third kappa shape index (κ3) is 2.07. The Kier molecular flexibility index (Phi) is 2.55. The average molecular weight is 200 g/mol. The Bertz CT molecular complexity index is 403. The summed E-state index contributed by atoms with van der Waals surface area (Å²) in [5.74, 6) is 0. The molecule has 0 spiro atoms. The molecule has 15 heavy (non-hydrogen) atoms. The monoisotopic (exact) mass is 200 g/mol. The van der Waals surface area contributed by atoms with Gasteiger partial charge in [0.15, 0.2) is 5.57 Å². The van der Waals surface area contributed by atoms with Gasteiger partial charge in [-0.1, -0.05) is 0 Å². The summed E-state index contributed by atoms with van der Waals surface area (Å²) in [5.41, 5.74) is 3.27. The van der Waals surface area contributed by atoms with Crippen molar-refractivity contribution >= 4 is 5.57 Å². The molecule has 1 aliphatic rings. The standard InChI is InChI=1S/C13H14NO/c1-10-3-5-11(6-4-10)12-7-8-14(2)13(15)9-12/h3-8,13,15H,1-2H3/q+1. The first-order valence-electron chi connectivity index (χ1n) is 4.95. The van der Waals surface area contributed by atoms with Crippen LogP contribution in [0.4, 0.5) is 0 Å². The molecule has 0 radical (unpaired) electrons. The largest absolute Gasteiger partial charge is 0.352 e. The molecule has 2 nitrogen and oxygen atoms in total. The first kappa shape index (κ1) is 9.91. The van der Waals surface area contributed by atoms with Crippen molar-refractivity contribution in [2.75, 3.05) is 7.05 Å². The molecule has 2 rings (SSSR count). The lowest BCUT2D eigenvalue weighted by atomic mass is 10.0. The normalized spacial score (nSPS) is 19.8. The number of allylic oxidation sites excluding steroid dienone is 2. The van der Waals surface area contributed by atoms with E-state index in [1.54, 1.807) is 4.90 Å². The van der Waals surface area contributed by atoms with Crippen molar-refractivity contribution in [3.63, 3.8) is 0 Å². The zero-order chi connectivity index (χ0) is 10.8. The minimum Gasteiger partial charge on any atom is -0.352 e. The molecule has 1 atom stereocenters. The lowest BCUT2D eigenvalue weighted by Gasteiger charge is -2.16. The maximum Gasteiger partial charge on any atom is 0.244 e. The van der Waals surface area contributed by atoms with Crippen LogP contribution in [0.2, 0.25) is 0 Å². The molecule has 0 fully saturated rings. The van der Waals surface area contributed by atoms with E-state index in [0.29, 0.717) is 0 Å². The maximum absolute atomic E-state index is 9.61. The van der Waals surface area contributed by atoms with Crippen LogP contribution in [0.1, 0.15) is 11.1 Å². The lowest BCUT2D eigenvalue weighted by molar-refractivity contribution is 0.0912. The summed E-state index contributed by atoms with van der Waals surface area (Å²) < 4.78 is 0. The van der Waals surface area contributed by atoms with E-state index in [-0.39, 0.29) is 0 Å². The summed E-state index contributed by atoms with van der Waals surface area (Å²) in [6.07, 6.45) is 6.18. The van der Waals surface area contributed by atoms with Gasteiger partial charge in [0.25, 0.3) is 0 Å². The summed E-state index contributed by atoms with van der Waals surface area (Å²) in [7, 11) is 1.82. The van der Waals surface area contributed by atoms with E-state index in [4.69, 9.17) is 0 Å². The lowest BCUT2D eigenvalue weighted by Crippen LogP contribution is -2.27. The summed E-state index contributed by atoms with van der Waals surface area (Å²) in [6.45, 7) is 2.06. The van der Waals surface area contributed by atoms with Crippen LogP contribution in [0.25, 0.3) is 5.57 Å². The second-order valence-corrected chi connectivity index (χ2v) is 3.78. The average Bonchev–Trinajstić information content (AvgIpc) is 2.23. The highest BCUT2D eigenvalue weighted by Crippen LogP contribution is 2.20. The highest BCUT2D eigenvalue weighted by Gasteiger charge is 2.20. The minimum absolute atomic E-state index is 0.647. The Morgan fingerprint density at radius 1 is 1.27 bits per heavy atom. The van der Waals surface area contributed by atoms with Crippen molar-refractivity contribution in [3.05, 3.63) is 53.7 Å². The molecule has 1 heterocycles. The highest BCUT2D eigenvalue weighted by molar-refractivity contribution is 5.73. The van der Waals surface area contributed by atoms with E-state index in [0.717, 1.165) is 11.1 Å². The van der Waals surface area contributed by atoms with Crippen LogP contribution < -0.4 is 0 Å². The van der Waals surface area contributed by atoms with Crippen LogP contribution in [0.3, 0.4) is 0 Å². The number of aliphatic hydroxyl groups is 1. The SMILES string of the molecule is Cc1ccc(C2=[C+]C(O)N(C)C=C2)cc1. The number of benzene rings is 1. The second-order valence-electron chi connectivity index (χ2n) is 3.78. The predicted molar refractivity (Wildman–Crippen MR) is 60.7 cm³/mol. The Hall–Kier alpha value is -1.63. The molecule has 1 N–H and O–H groups in total. The van der Waals surface area contributed by atoms with Crippen LogP contribution in [0.5, 0.6) is 0 Å². The summed E-state index contributed by atoms with van der Waals surface area (Å²) >= 11 is 0. The van der Waals surface area contributed by atoms with Crippen LogP contribution in [0, 0.1) is 13.0 Å². The van der Waals surface area contributed by atoms with Crippen LogP contribution in [-0.4, -0.2) is 23.3 Å². The van der Waals surface area contributed by atoms with Crippen molar-refractivity contribution in [1.82, 2.24) is 4.90 Å². The number of aryl methyl sites for hydroxylation is 1. The molecule has 0 aliphatic carbocycles. The van der Waals surface area contributed by atoms with E-state index in [1.807, 2.05) is 31.5 Å². The molecule has 2 heteroatoms. The van der Waals surface area contributed by atoms with Gasteiger partial charge in [0.2, 0.25) is 6.23 Å². The van der Waals surface area contributed by atoms with Gasteiger partial charge in [-0.3, -0.25) is 0 Å². The van der Waals surface area contributed by atoms with E-state index in [9.17, 15) is 5.11 Å². The molecule has 0 bridgehead atoms. The first-order chi connectivity index (χ1) is 7.16. The van der Waals surface area contributed by atoms with Crippen LogP contribution in [0.15, 0.2) is 36.5 Å². The van der Waals surface area contributed by atoms with Gasteiger partial charge in [-0.15, -0.1) is 0 Å². The smallest absolute Gasteiger partial charge is 0.244 e. The van der Waals surface area contributed by atoms with Gasteiger partial charge in [0.1, 0.15) is 0 Å². The van der Waals surface area contributed by atoms with Gasteiger partial charge >= 0.3 is 0 Å². The number of hydrogen-bond acceptors (Lipinski definition) is 2. The summed E-state index contributed by atoms with van der Waals surface area (Å²) in [5, 5.41) is 9.61. The molecule has 1 aromatic carbocycles. The zero-order valence-corrected chi connectivity index (χ0v) is 8.94. The third-order valence-corrected chi connectivity index (χ3v) is 2.51. The Morgan fingerprint density at radius 2 is 1.93 bits per heavy atom. The van der Waals surface area contributed by atoms with Gasteiger partial charge in [-0.05, 0) is 24.6 Å². The third-order valence-electron chi connectivity index (χ3n) is 2.51. The van der Waals surface area contributed by atoms with Crippen LogP contribution in [-0.2, 0) is 0 Å². The molecule has 0 saturated heterocycles. The Balaban J connectivity index is 2.29. The summed E-state index contributed by atoms with van der Waals surface area (Å²) in [6, 6.07) is 8.20. The fraction of sp³-hybridized carbons (Fsp3) is 0.231. The van der Waals surface area contributed by atoms with Gasteiger partial charge < -0.3 is 10.0 Å². The number of nitrogens with zero attached hydrogens (tertiary/aromatic N) is 1. The van der Waals surface area contributed by atoms with E-state index in [1.165, 1.54) is 5.56 Å². The van der Waals surface area contributed by atoms with E-state index >= 15 is 0 Å². The fourth-order valence-corrected chi connectivity index (χ4v) is 1.48. The van der Waals surface area contributed by atoms with Gasteiger partial charge in [-0.25, -0.2) is 0 Å². The molecule has 0 amide bonds. The topological polar surface area (TPSA) is 23.5 Å². The van der Waals surface area contributed by atoms with Crippen molar-refractivity contribution in [1.29, 1.82) is 0 Å². The van der Waals surface area contributed by atoms with E-state index in [2.05, 4.69) is 25.1 Å². The molecule has 1 unspecified atom stereocenters. The molecule has 76 valence electrons. The highest BCUT2D eigenvalue weighted by atomic mass is 16.3. The zero-order valence-electron chi connectivity index (χ0n) is 8.94. The quantitative estimate of drug-likeness (QED) is 0.700. The first-order valence-corrected chi connectivity index (χ1v) is 4.95. The molecule has 1 aromatic rings. The molecule has 1 aliphatic heterocycles. The number of rotatable bonds is 1. The number of hydrogen-bond donors (Lipinski definition) is 1. The number of likely N-dealkylation sites (N-methyl/N-ethyl adjacent to an activating group) is 1. The number of aliphatic hydroxyl groups excluding tert-OH is 1. The molecular weight excluding hydrogens is 186 g/mol. The minimum atomic E-state index is -0.647. The molecule has 0 aromatic heterocycles. The van der Waals surface area contributed by atoms with Crippen molar-refractivity contribution in [2.24, 2.45) is 0 Å². The van der Waals surface area contributed by atoms with Gasteiger partial charge in [0, 0.05) is 19.2 Å². The van der Waals surface area contributed by atoms with Gasteiger partial charge in [0.05, 0.1) is 23.9 Å². The Morgan fingerprint density at radius 3 is 2.53 bits per heavy atom. The summed E-state index contributed by atoms with van der Waals surface area (Å²) in [4.78, 5) is 1.71. The van der Waals surface area contributed by atoms with Crippen molar-refractivity contribution < 1.29 is 5.11 Å². The second kappa shape index (κ2) is 3.85. The Labute approximate surface area is 90.2 Å². The van der Waals surface area contributed by atoms with E-state index < -0.39 is 6.23 Å². The van der Waals surface area contributed by atoms with Gasteiger partial charge in [-0.2, -0.15) is 0 Å². The molecular formula is C13H14NO+. The van der Waals surface area contributed by atoms with Crippen LogP contribution >= 0.6 is 0 Å². The van der Waals surface area contributed by atoms with Crippen molar-refractivity contribution in [2.45, 2.75) is 13.2 Å². The predicted octanol–water partition coefficient (Wildman–Crippen LogP) is 1.96.